The Kier molecular flexibility index (Phi) is 4.31. The molecule has 0 spiro atoms. The second-order valence-electron chi connectivity index (χ2n) is 7.06. The van der Waals surface area contributed by atoms with Crippen molar-refractivity contribution in [2.45, 2.75) is 71.4 Å². The maximum absolute atomic E-state index is 12.1. The van der Waals surface area contributed by atoms with Crippen LogP contribution in [0.4, 0.5) is 0 Å². The first-order valence-electron chi connectivity index (χ1n) is 7.49. The third kappa shape index (κ3) is 3.71. The summed E-state index contributed by atoms with van der Waals surface area (Å²) in [5.74, 6) is 0.869. The average molecular weight is 252 g/mol. The van der Waals surface area contributed by atoms with Crippen LogP contribution in [-0.4, -0.2) is 24.5 Å². The molecule has 1 saturated carbocycles. The molecule has 0 aromatic heterocycles. The van der Waals surface area contributed by atoms with Crippen LogP contribution in [0.5, 0.6) is 0 Å². The van der Waals surface area contributed by atoms with Crippen molar-refractivity contribution in [2.24, 2.45) is 11.3 Å². The molecule has 18 heavy (non-hydrogen) atoms. The zero-order valence-corrected chi connectivity index (χ0v) is 12.1. The molecule has 2 N–H and O–H groups in total. The molecule has 0 radical (unpaired) electrons. The fourth-order valence-corrected chi connectivity index (χ4v) is 3.43. The number of rotatable bonds is 3. The van der Waals surface area contributed by atoms with E-state index in [4.69, 9.17) is 0 Å². The van der Waals surface area contributed by atoms with Crippen molar-refractivity contribution < 1.29 is 4.79 Å². The number of carbonyl (C=O) groups is 1. The Morgan fingerprint density at radius 3 is 2.78 bits per heavy atom. The van der Waals surface area contributed by atoms with E-state index in [-0.39, 0.29) is 5.91 Å². The van der Waals surface area contributed by atoms with Crippen LogP contribution in [0.25, 0.3) is 0 Å². The normalized spacial score (nSPS) is 35.4. The van der Waals surface area contributed by atoms with Gasteiger partial charge in [0.05, 0.1) is 0 Å². The molecule has 1 saturated heterocycles. The minimum absolute atomic E-state index is 0.240. The molecule has 2 aliphatic rings. The van der Waals surface area contributed by atoms with Crippen molar-refractivity contribution in [2.75, 3.05) is 6.54 Å². The van der Waals surface area contributed by atoms with E-state index in [1.165, 1.54) is 19.3 Å². The van der Waals surface area contributed by atoms with Crippen molar-refractivity contribution >= 4 is 5.91 Å². The van der Waals surface area contributed by atoms with Gasteiger partial charge in [-0.25, -0.2) is 0 Å². The summed E-state index contributed by atoms with van der Waals surface area (Å²) in [6.45, 7) is 7.91. The Bertz CT molecular complexity index is 301. The van der Waals surface area contributed by atoms with E-state index in [2.05, 4.69) is 31.4 Å². The first kappa shape index (κ1) is 13.9. The summed E-state index contributed by atoms with van der Waals surface area (Å²) >= 11 is 0. The molecule has 2 fully saturated rings. The van der Waals surface area contributed by atoms with Crippen LogP contribution in [0.2, 0.25) is 0 Å². The number of hydrogen-bond donors (Lipinski definition) is 2. The van der Waals surface area contributed by atoms with Crippen LogP contribution in [0.15, 0.2) is 0 Å². The van der Waals surface area contributed by atoms with Crippen LogP contribution in [0, 0.1) is 11.3 Å². The zero-order chi connectivity index (χ0) is 13.2. The lowest BCUT2D eigenvalue weighted by molar-refractivity contribution is -0.122. The minimum atomic E-state index is 0.240. The third-order valence-corrected chi connectivity index (χ3v) is 4.67. The molecule has 2 rings (SSSR count). The van der Waals surface area contributed by atoms with E-state index in [1.54, 1.807) is 0 Å². The quantitative estimate of drug-likeness (QED) is 0.810. The first-order valence-corrected chi connectivity index (χ1v) is 7.49. The van der Waals surface area contributed by atoms with Crippen LogP contribution >= 0.6 is 0 Å². The maximum atomic E-state index is 12.1. The van der Waals surface area contributed by atoms with E-state index in [0.717, 1.165) is 19.4 Å². The van der Waals surface area contributed by atoms with Gasteiger partial charge in [-0.15, -0.1) is 0 Å². The number of carbonyl (C=O) groups excluding carboxylic acids is 1. The molecule has 1 amide bonds. The van der Waals surface area contributed by atoms with Crippen molar-refractivity contribution in [3.63, 3.8) is 0 Å². The van der Waals surface area contributed by atoms with Gasteiger partial charge in [0, 0.05) is 18.5 Å². The predicted octanol–water partition coefficient (Wildman–Crippen LogP) is 2.46. The molecule has 0 aromatic carbocycles. The van der Waals surface area contributed by atoms with Gasteiger partial charge in [0.2, 0.25) is 5.91 Å². The van der Waals surface area contributed by atoms with Crippen molar-refractivity contribution in [3.8, 4) is 0 Å². The summed E-state index contributed by atoms with van der Waals surface area (Å²) in [5, 5.41) is 6.70. The van der Waals surface area contributed by atoms with Crippen molar-refractivity contribution in [1.82, 2.24) is 10.6 Å². The number of hydrogen-bond acceptors (Lipinski definition) is 2. The Labute approximate surface area is 111 Å². The fraction of sp³-hybridized carbons (Fsp3) is 0.933. The Morgan fingerprint density at radius 1 is 1.39 bits per heavy atom. The zero-order valence-electron chi connectivity index (χ0n) is 12.1. The van der Waals surface area contributed by atoms with Crippen molar-refractivity contribution in [3.05, 3.63) is 0 Å². The van der Waals surface area contributed by atoms with E-state index in [0.29, 0.717) is 29.8 Å². The van der Waals surface area contributed by atoms with Gasteiger partial charge in [-0.1, -0.05) is 20.8 Å². The molecule has 1 aliphatic carbocycles. The summed E-state index contributed by atoms with van der Waals surface area (Å²) in [6, 6.07) is 0.791. The van der Waals surface area contributed by atoms with Crippen LogP contribution < -0.4 is 10.6 Å². The summed E-state index contributed by atoms with van der Waals surface area (Å²) in [5.41, 5.74) is 0.411. The lowest BCUT2D eigenvalue weighted by Gasteiger charge is -2.30. The number of amides is 1. The second kappa shape index (κ2) is 5.60. The maximum Gasteiger partial charge on any atom is 0.221 e. The molecule has 1 heterocycles. The lowest BCUT2D eigenvalue weighted by Crippen LogP contribution is -2.45. The fourth-order valence-electron chi connectivity index (χ4n) is 3.43. The average Bonchev–Trinajstić information content (AvgIpc) is 2.61. The van der Waals surface area contributed by atoms with Gasteiger partial charge in [-0.2, -0.15) is 0 Å². The lowest BCUT2D eigenvalue weighted by atomic mass is 9.90. The molecule has 104 valence electrons. The van der Waals surface area contributed by atoms with Gasteiger partial charge in [0.25, 0.3) is 0 Å². The summed E-state index contributed by atoms with van der Waals surface area (Å²) in [7, 11) is 0. The van der Waals surface area contributed by atoms with E-state index in [9.17, 15) is 4.79 Å². The molecule has 3 heteroatoms. The minimum Gasteiger partial charge on any atom is -0.353 e. The first-order chi connectivity index (χ1) is 8.46. The van der Waals surface area contributed by atoms with Crippen molar-refractivity contribution in [1.29, 1.82) is 0 Å². The second-order valence-corrected chi connectivity index (χ2v) is 7.06. The Hall–Kier alpha value is -0.570. The van der Waals surface area contributed by atoms with E-state index in [1.807, 2.05) is 0 Å². The molecule has 0 bridgehead atoms. The van der Waals surface area contributed by atoms with Crippen LogP contribution in [-0.2, 0) is 4.79 Å². The molecular formula is C15H28N2O. The highest BCUT2D eigenvalue weighted by atomic mass is 16.1. The smallest absolute Gasteiger partial charge is 0.221 e. The van der Waals surface area contributed by atoms with Gasteiger partial charge >= 0.3 is 0 Å². The SMILES string of the molecule is CC1CCCNC1CC(=O)NC1CCC(C)(C)C1. The van der Waals surface area contributed by atoms with Gasteiger partial charge in [0.15, 0.2) is 0 Å². The summed E-state index contributed by atoms with van der Waals surface area (Å²) in [4.78, 5) is 12.1. The predicted molar refractivity (Wildman–Crippen MR) is 74.4 cm³/mol. The van der Waals surface area contributed by atoms with E-state index < -0.39 is 0 Å². The third-order valence-electron chi connectivity index (χ3n) is 4.67. The summed E-state index contributed by atoms with van der Waals surface area (Å²) in [6.07, 6.45) is 6.66. The van der Waals surface area contributed by atoms with Gasteiger partial charge in [-0.05, 0) is 50.0 Å². The molecule has 3 atom stereocenters. The highest BCUT2D eigenvalue weighted by Crippen LogP contribution is 2.36. The number of piperidine rings is 1. The molecular weight excluding hydrogens is 224 g/mol. The molecule has 3 unspecified atom stereocenters. The topological polar surface area (TPSA) is 41.1 Å². The standard InChI is InChI=1S/C15H28N2O/c1-11-5-4-8-16-13(11)9-14(18)17-12-6-7-15(2,3)10-12/h11-13,16H,4-10H2,1-3H3,(H,17,18). The van der Waals surface area contributed by atoms with E-state index >= 15 is 0 Å². The van der Waals surface area contributed by atoms with Gasteiger partial charge in [0.1, 0.15) is 0 Å². The molecule has 0 aromatic rings. The monoisotopic (exact) mass is 252 g/mol. The number of nitrogens with one attached hydrogen (secondary N) is 2. The highest BCUT2D eigenvalue weighted by molar-refractivity contribution is 5.77. The van der Waals surface area contributed by atoms with Crippen LogP contribution in [0.1, 0.15) is 59.3 Å². The largest absolute Gasteiger partial charge is 0.353 e. The highest BCUT2D eigenvalue weighted by Gasteiger charge is 2.32. The Morgan fingerprint density at radius 2 is 2.17 bits per heavy atom. The summed E-state index contributed by atoms with van der Waals surface area (Å²) < 4.78 is 0. The molecule has 3 nitrogen and oxygen atoms in total. The van der Waals surface area contributed by atoms with Crippen LogP contribution in [0.3, 0.4) is 0 Å². The molecule has 1 aliphatic heterocycles. The van der Waals surface area contributed by atoms with Gasteiger partial charge < -0.3 is 10.6 Å². The van der Waals surface area contributed by atoms with Gasteiger partial charge in [-0.3, -0.25) is 4.79 Å². The Balaban J connectivity index is 1.75.